The first-order chi connectivity index (χ1) is 12.8. The van der Waals surface area contributed by atoms with Gasteiger partial charge in [-0.25, -0.2) is 4.98 Å². The van der Waals surface area contributed by atoms with E-state index < -0.39 is 17.9 Å². The van der Waals surface area contributed by atoms with E-state index in [0.717, 1.165) is 18.2 Å². The van der Waals surface area contributed by atoms with Crippen molar-refractivity contribution in [1.29, 1.82) is 0 Å². The second-order valence-electron chi connectivity index (χ2n) is 7.08. The van der Waals surface area contributed by atoms with E-state index in [9.17, 15) is 18.0 Å². The fourth-order valence-corrected chi connectivity index (χ4v) is 3.35. The molecule has 2 atom stereocenters. The fourth-order valence-electron chi connectivity index (χ4n) is 3.35. The molecule has 1 aromatic heterocycles. The molecule has 0 bridgehead atoms. The van der Waals surface area contributed by atoms with Crippen molar-refractivity contribution in [2.24, 2.45) is 5.92 Å². The second-order valence-corrected chi connectivity index (χ2v) is 7.08. The number of hydrogen-bond acceptors (Lipinski definition) is 3. The molecule has 5 nitrogen and oxygen atoms in total. The lowest BCUT2D eigenvalue weighted by Gasteiger charge is -2.27. The van der Waals surface area contributed by atoms with E-state index in [2.05, 4.69) is 10.3 Å². The van der Waals surface area contributed by atoms with Crippen LogP contribution >= 0.6 is 0 Å². The number of aromatic nitrogens is 2. The molecule has 2 aromatic rings. The van der Waals surface area contributed by atoms with E-state index in [4.69, 9.17) is 0 Å². The summed E-state index contributed by atoms with van der Waals surface area (Å²) in [6.45, 7) is 1.00. The molecule has 27 heavy (non-hydrogen) atoms. The van der Waals surface area contributed by atoms with Gasteiger partial charge in [-0.15, -0.1) is 0 Å². The van der Waals surface area contributed by atoms with Crippen LogP contribution in [0.25, 0.3) is 0 Å². The number of likely N-dealkylation sites (N-methyl/N-ethyl adjacent to an activating group) is 1. The number of fused-ring (bicyclic) bond motifs is 1. The number of nitrogens with one attached hydrogen (secondary N) is 1. The van der Waals surface area contributed by atoms with Gasteiger partial charge in [0, 0.05) is 39.8 Å². The predicted octanol–water partition coefficient (Wildman–Crippen LogP) is 2.88. The maximum atomic E-state index is 12.8. The molecule has 0 fully saturated rings. The number of aryl methyl sites for hydroxylation is 1. The highest BCUT2D eigenvalue weighted by molar-refractivity contribution is 5.82. The summed E-state index contributed by atoms with van der Waals surface area (Å²) in [5, 5.41) is 3.31. The Morgan fingerprint density at radius 2 is 2.04 bits per heavy atom. The Bertz CT molecular complexity index is 786. The van der Waals surface area contributed by atoms with Crippen LogP contribution in [0.5, 0.6) is 0 Å². The van der Waals surface area contributed by atoms with Crippen LogP contribution in [0.1, 0.15) is 29.5 Å². The standard InChI is InChI=1S/C19H23F3N4O/c1-25(2)18(27)17(14-6-4-3-5-7-14)23-10-13-8-9-16-24-15(19(20,21)22)12-26(16)11-13/h3-7,12-13,17,23H,8-11H2,1-2H3/t13-,17-/m0/s1. The summed E-state index contributed by atoms with van der Waals surface area (Å²) in [7, 11) is 3.41. The monoisotopic (exact) mass is 380 g/mol. The normalized spacial score (nSPS) is 18.0. The number of rotatable bonds is 5. The number of carbonyl (C=O) groups is 1. The van der Waals surface area contributed by atoms with Crippen LogP contribution in [0, 0.1) is 5.92 Å². The summed E-state index contributed by atoms with van der Waals surface area (Å²) in [6, 6.07) is 8.96. The van der Waals surface area contributed by atoms with Crippen molar-refractivity contribution in [3.8, 4) is 0 Å². The molecule has 3 rings (SSSR count). The molecule has 1 aliphatic heterocycles. The van der Waals surface area contributed by atoms with Crippen molar-refractivity contribution < 1.29 is 18.0 Å². The molecule has 8 heteroatoms. The highest BCUT2D eigenvalue weighted by Gasteiger charge is 2.36. The van der Waals surface area contributed by atoms with Crippen molar-refractivity contribution in [2.45, 2.75) is 31.6 Å². The van der Waals surface area contributed by atoms with Gasteiger partial charge < -0.3 is 14.8 Å². The van der Waals surface area contributed by atoms with Crippen LogP contribution < -0.4 is 5.32 Å². The molecule has 2 heterocycles. The molecule has 1 aromatic carbocycles. The number of alkyl halides is 3. The van der Waals surface area contributed by atoms with Crippen LogP contribution in [-0.2, 0) is 23.9 Å². The van der Waals surface area contributed by atoms with Crippen molar-refractivity contribution in [2.75, 3.05) is 20.6 Å². The van der Waals surface area contributed by atoms with Gasteiger partial charge in [0.25, 0.3) is 0 Å². The Kier molecular flexibility index (Phi) is 5.55. The number of halogens is 3. The Labute approximate surface area is 156 Å². The average Bonchev–Trinajstić information content (AvgIpc) is 3.06. The van der Waals surface area contributed by atoms with Gasteiger partial charge in [0.15, 0.2) is 5.69 Å². The molecular weight excluding hydrogens is 357 g/mol. The van der Waals surface area contributed by atoms with Gasteiger partial charge in [-0.1, -0.05) is 30.3 Å². The molecule has 0 saturated carbocycles. The minimum Gasteiger partial charge on any atom is -0.347 e. The lowest BCUT2D eigenvalue weighted by Crippen LogP contribution is -2.40. The molecule has 0 saturated heterocycles. The third-order valence-electron chi connectivity index (χ3n) is 4.81. The fraction of sp³-hybridized carbons (Fsp3) is 0.474. The average molecular weight is 380 g/mol. The summed E-state index contributed by atoms with van der Waals surface area (Å²) in [5.74, 6) is 0.552. The minimum atomic E-state index is -4.42. The second kappa shape index (κ2) is 7.72. The molecular formula is C19H23F3N4O. The van der Waals surface area contributed by atoms with Gasteiger partial charge >= 0.3 is 6.18 Å². The smallest absolute Gasteiger partial charge is 0.347 e. The number of carbonyl (C=O) groups excluding carboxylic acids is 1. The SMILES string of the molecule is CN(C)C(=O)[C@@H](NC[C@@H]1CCc2nc(C(F)(F)F)cn2C1)c1ccccc1. The number of benzene rings is 1. The Morgan fingerprint density at radius 3 is 2.67 bits per heavy atom. The molecule has 0 unspecified atom stereocenters. The zero-order chi connectivity index (χ0) is 19.6. The molecule has 0 radical (unpaired) electrons. The van der Waals surface area contributed by atoms with Gasteiger partial charge in [-0.3, -0.25) is 4.79 Å². The third kappa shape index (κ3) is 4.50. The van der Waals surface area contributed by atoms with Crippen LogP contribution in [0.2, 0.25) is 0 Å². The highest BCUT2D eigenvalue weighted by Crippen LogP contribution is 2.30. The Morgan fingerprint density at radius 1 is 1.33 bits per heavy atom. The summed E-state index contributed by atoms with van der Waals surface area (Å²) in [6.07, 6.45) is -2.10. The quantitative estimate of drug-likeness (QED) is 0.868. The summed E-state index contributed by atoms with van der Waals surface area (Å²) < 4.78 is 40.1. The van der Waals surface area contributed by atoms with E-state index in [-0.39, 0.29) is 11.8 Å². The summed E-state index contributed by atoms with van der Waals surface area (Å²) in [5.41, 5.74) is 0.0331. The topological polar surface area (TPSA) is 50.2 Å². The van der Waals surface area contributed by atoms with Crippen LogP contribution in [0.4, 0.5) is 13.2 Å². The van der Waals surface area contributed by atoms with Gasteiger partial charge in [0.2, 0.25) is 5.91 Å². The van der Waals surface area contributed by atoms with Crippen LogP contribution in [0.15, 0.2) is 36.5 Å². The zero-order valence-corrected chi connectivity index (χ0v) is 15.3. The first-order valence-electron chi connectivity index (χ1n) is 8.88. The first-order valence-corrected chi connectivity index (χ1v) is 8.88. The van der Waals surface area contributed by atoms with Gasteiger partial charge in [-0.2, -0.15) is 13.2 Å². The largest absolute Gasteiger partial charge is 0.434 e. The maximum Gasteiger partial charge on any atom is 0.434 e. The summed E-state index contributed by atoms with van der Waals surface area (Å²) in [4.78, 5) is 17.8. The molecule has 146 valence electrons. The highest BCUT2D eigenvalue weighted by atomic mass is 19.4. The molecule has 0 aliphatic carbocycles. The number of imidazole rings is 1. The van der Waals surface area contributed by atoms with Gasteiger partial charge in [-0.05, 0) is 17.9 Å². The first kappa shape index (κ1) is 19.4. The van der Waals surface area contributed by atoms with E-state index in [1.54, 1.807) is 18.7 Å². The molecule has 1 amide bonds. The molecule has 1 N–H and O–H groups in total. The van der Waals surface area contributed by atoms with E-state index in [1.165, 1.54) is 4.90 Å². The Balaban J connectivity index is 1.68. The lowest BCUT2D eigenvalue weighted by molar-refractivity contribution is -0.141. The predicted molar refractivity (Wildman–Crippen MR) is 94.9 cm³/mol. The van der Waals surface area contributed by atoms with E-state index in [0.29, 0.717) is 25.3 Å². The minimum absolute atomic E-state index is 0.0558. The lowest BCUT2D eigenvalue weighted by atomic mass is 9.98. The summed E-state index contributed by atoms with van der Waals surface area (Å²) >= 11 is 0. The van der Waals surface area contributed by atoms with Crippen molar-refractivity contribution in [3.05, 3.63) is 53.6 Å². The van der Waals surface area contributed by atoms with Crippen molar-refractivity contribution in [3.63, 3.8) is 0 Å². The third-order valence-corrected chi connectivity index (χ3v) is 4.81. The van der Waals surface area contributed by atoms with E-state index >= 15 is 0 Å². The Hall–Kier alpha value is -2.35. The number of nitrogens with zero attached hydrogens (tertiary/aromatic N) is 3. The number of amides is 1. The van der Waals surface area contributed by atoms with E-state index in [1.807, 2.05) is 30.3 Å². The number of hydrogen-bond donors (Lipinski definition) is 1. The van der Waals surface area contributed by atoms with Crippen LogP contribution in [-0.4, -0.2) is 41.0 Å². The van der Waals surface area contributed by atoms with Crippen LogP contribution in [0.3, 0.4) is 0 Å². The molecule has 0 spiro atoms. The van der Waals surface area contributed by atoms with Gasteiger partial charge in [0.05, 0.1) is 0 Å². The van der Waals surface area contributed by atoms with Crippen molar-refractivity contribution >= 4 is 5.91 Å². The van der Waals surface area contributed by atoms with Crippen molar-refractivity contribution in [1.82, 2.24) is 19.8 Å². The molecule has 1 aliphatic rings. The van der Waals surface area contributed by atoms with Gasteiger partial charge in [0.1, 0.15) is 11.9 Å². The maximum absolute atomic E-state index is 12.8. The zero-order valence-electron chi connectivity index (χ0n) is 15.3.